The third-order valence-electron chi connectivity index (χ3n) is 4.59. The van der Waals surface area contributed by atoms with E-state index >= 15 is 0 Å². The van der Waals surface area contributed by atoms with Crippen LogP contribution in [-0.4, -0.2) is 23.7 Å². The number of aliphatic imine (C=N–C) groups is 1. The average molecular weight is 250 g/mol. The first kappa shape index (κ1) is 13.6. The third kappa shape index (κ3) is 3.12. The lowest BCUT2D eigenvalue weighted by molar-refractivity contribution is 0.311. The number of hydrogen-bond donors (Lipinski definition) is 1. The summed E-state index contributed by atoms with van der Waals surface area (Å²) in [6.45, 7) is 0. The second-order valence-electron chi connectivity index (χ2n) is 5.76. The predicted molar refractivity (Wildman–Crippen MR) is 75.7 cm³/mol. The van der Waals surface area contributed by atoms with Crippen LogP contribution >= 0.6 is 0 Å². The van der Waals surface area contributed by atoms with E-state index in [2.05, 4.69) is 10.1 Å². The molecule has 2 aliphatic carbocycles. The lowest BCUT2D eigenvalue weighted by atomic mass is 9.77. The van der Waals surface area contributed by atoms with E-state index in [1.165, 1.54) is 64.2 Å². The number of oxime groups is 1. The molecule has 2 fully saturated rings. The summed E-state index contributed by atoms with van der Waals surface area (Å²) < 4.78 is 0. The van der Waals surface area contributed by atoms with Crippen molar-refractivity contribution in [1.29, 1.82) is 0 Å². The molecular weight excluding hydrogens is 224 g/mol. The fraction of sp³-hybridized carbons (Fsp3) is 0.867. The van der Waals surface area contributed by atoms with Crippen LogP contribution in [0.15, 0.2) is 10.1 Å². The van der Waals surface area contributed by atoms with Crippen molar-refractivity contribution >= 4 is 11.4 Å². The van der Waals surface area contributed by atoms with E-state index in [9.17, 15) is 5.21 Å². The van der Waals surface area contributed by atoms with Crippen LogP contribution in [0.4, 0.5) is 0 Å². The van der Waals surface area contributed by atoms with E-state index in [-0.39, 0.29) is 0 Å². The maximum absolute atomic E-state index is 9.42. The van der Waals surface area contributed by atoms with Gasteiger partial charge in [0.05, 0.1) is 5.71 Å². The van der Waals surface area contributed by atoms with Gasteiger partial charge in [0.15, 0.2) is 0 Å². The van der Waals surface area contributed by atoms with Crippen LogP contribution in [0.25, 0.3) is 0 Å². The maximum atomic E-state index is 9.42. The van der Waals surface area contributed by atoms with Crippen molar-refractivity contribution < 1.29 is 5.21 Å². The van der Waals surface area contributed by atoms with Crippen LogP contribution in [-0.2, 0) is 0 Å². The molecule has 18 heavy (non-hydrogen) atoms. The van der Waals surface area contributed by atoms with Crippen LogP contribution in [0.1, 0.15) is 64.2 Å². The highest BCUT2D eigenvalue weighted by atomic mass is 16.4. The van der Waals surface area contributed by atoms with Gasteiger partial charge in [-0.05, 0) is 25.7 Å². The monoisotopic (exact) mass is 250 g/mol. The summed E-state index contributed by atoms with van der Waals surface area (Å²) in [6, 6.07) is 0. The molecule has 0 aliphatic heterocycles. The Morgan fingerprint density at radius 1 is 0.778 bits per heavy atom. The Morgan fingerprint density at radius 2 is 1.22 bits per heavy atom. The van der Waals surface area contributed by atoms with Gasteiger partial charge in [-0.15, -0.1) is 0 Å². The molecule has 3 heteroatoms. The van der Waals surface area contributed by atoms with Crippen LogP contribution < -0.4 is 0 Å². The van der Waals surface area contributed by atoms with Crippen molar-refractivity contribution in [1.82, 2.24) is 0 Å². The Morgan fingerprint density at radius 3 is 1.61 bits per heavy atom. The largest absolute Gasteiger partial charge is 0.411 e. The van der Waals surface area contributed by atoms with Gasteiger partial charge in [-0.1, -0.05) is 43.7 Å². The van der Waals surface area contributed by atoms with Crippen LogP contribution in [0, 0.1) is 11.8 Å². The maximum Gasteiger partial charge on any atom is 0.104 e. The summed E-state index contributed by atoms with van der Waals surface area (Å²) in [5.41, 5.74) is 2.01. The Bertz CT molecular complexity index is 278. The minimum atomic E-state index is 0.448. The highest BCUT2D eigenvalue weighted by Gasteiger charge is 2.29. The summed E-state index contributed by atoms with van der Waals surface area (Å²) >= 11 is 0. The van der Waals surface area contributed by atoms with Crippen molar-refractivity contribution in [3.63, 3.8) is 0 Å². The zero-order valence-corrected chi connectivity index (χ0v) is 11.6. The van der Waals surface area contributed by atoms with Crippen molar-refractivity contribution in [2.24, 2.45) is 22.0 Å². The van der Waals surface area contributed by atoms with E-state index < -0.39 is 0 Å². The van der Waals surface area contributed by atoms with Gasteiger partial charge in [0.1, 0.15) is 5.71 Å². The van der Waals surface area contributed by atoms with E-state index in [0.717, 1.165) is 11.4 Å². The zero-order valence-electron chi connectivity index (χ0n) is 11.6. The summed E-state index contributed by atoms with van der Waals surface area (Å²) in [6.07, 6.45) is 12.6. The second kappa shape index (κ2) is 6.91. The van der Waals surface area contributed by atoms with Gasteiger partial charge in [-0.25, -0.2) is 0 Å². The molecule has 3 nitrogen and oxygen atoms in total. The SMILES string of the molecule is C/N=C(/C(=N/O)C1CCCCC1)C1CCCCC1. The number of hydrogen-bond acceptors (Lipinski definition) is 3. The lowest BCUT2D eigenvalue weighted by Gasteiger charge is -2.28. The molecule has 0 amide bonds. The van der Waals surface area contributed by atoms with Gasteiger partial charge in [-0.2, -0.15) is 0 Å². The van der Waals surface area contributed by atoms with Crippen LogP contribution in [0.3, 0.4) is 0 Å². The van der Waals surface area contributed by atoms with Gasteiger partial charge < -0.3 is 5.21 Å². The molecule has 0 aromatic heterocycles. The molecule has 2 saturated carbocycles. The quantitative estimate of drug-likeness (QED) is 0.458. The zero-order chi connectivity index (χ0) is 12.8. The number of nitrogens with zero attached hydrogens (tertiary/aromatic N) is 2. The Labute approximate surface area is 110 Å². The Kier molecular flexibility index (Phi) is 5.21. The normalized spacial score (nSPS) is 25.4. The van der Waals surface area contributed by atoms with Crippen LogP contribution in [0.5, 0.6) is 0 Å². The molecule has 0 saturated heterocycles. The highest BCUT2D eigenvalue weighted by molar-refractivity contribution is 6.43. The summed E-state index contributed by atoms with van der Waals surface area (Å²) in [4.78, 5) is 4.48. The van der Waals surface area contributed by atoms with E-state index in [0.29, 0.717) is 11.8 Å². The molecule has 0 spiro atoms. The van der Waals surface area contributed by atoms with E-state index in [4.69, 9.17) is 0 Å². The Balaban J connectivity index is 2.08. The first-order valence-electron chi connectivity index (χ1n) is 7.55. The second-order valence-corrected chi connectivity index (χ2v) is 5.76. The summed E-state index contributed by atoms with van der Waals surface area (Å²) in [7, 11) is 1.86. The first-order chi connectivity index (χ1) is 8.86. The van der Waals surface area contributed by atoms with Gasteiger partial charge in [0.2, 0.25) is 0 Å². The molecule has 0 aromatic carbocycles. The summed E-state index contributed by atoms with van der Waals surface area (Å²) in [5, 5.41) is 13.1. The van der Waals surface area contributed by atoms with Gasteiger partial charge in [0.25, 0.3) is 0 Å². The molecule has 2 rings (SSSR count). The summed E-state index contributed by atoms with van der Waals surface area (Å²) in [5.74, 6) is 0.987. The van der Waals surface area contributed by atoms with Crippen molar-refractivity contribution in [3.05, 3.63) is 0 Å². The van der Waals surface area contributed by atoms with Crippen LogP contribution in [0.2, 0.25) is 0 Å². The minimum Gasteiger partial charge on any atom is -0.411 e. The fourth-order valence-corrected chi connectivity index (χ4v) is 3.60. The molecule has 0 bridgehead atoms. The molecule has 0 heterocycles. The minimum absolute atomic E-state index is 0.448. The highest BCUT2D eigenvalue weighted by Crippen LogP contribution is 2.30. The molecule has 2 aliphatic rings. The molecule has 102 valence electrons. The van der Waals surface area contributed by atoms with E-state index in [1.54, 1.807) is 0 Å². The number of rotatable bonds is 3. The molecular formula is C15H26N2O. The third-order valence-corrected chi connectivity index (χ3v) is 4.59. The predicted octanol–water partition coefficient (Wildman–Crippen LogP) is 4.05. The Hall–Kier alpha value is -0.860. The first-order valence-corrected chi connectivity index (χ1v) is 7.55. The van der Waals surface area contributed by atoms with E-state index in [1.807, 2.05) is 7.05 Å². The standard InChI is InChI=1S/C15H26N2O/c1-16-14(12-8-4-2-5-9-12)15(17-18)13-10-6-3-7-11-13/h12-13,18H,2-11H2,1H3/b16-14+,17-15+. The smallest absolute Gasteiger partial charge is 0.104 e. The van der Waals surface area contributed by atoms with Crippen molar-refractivity contribution in [2.45, 2.75) is 64.2 Å². The molecule has 0 aromatic rings. The van der Waals surface area contributed by atoms with Gasteiger partial charge >= 0.3 is 0 Å². The van der Waals surface area contributed by atoms with Crippen molar-refractivity contribution in [3.8, 4) is 0 Å². The molecule has 0 unspecified atom stereocenters. The fourth-order valence-electron chi connectivity index (χ4n) is 3.60. The van der Waals surface area contributed by atoms with Gasteiger partial charge in [-0.3, -0.25) is 4.99 Å². The molecule has 1 N–H and O–H groups in total. The molecule has 0 radical (unpaired) electrons. The van der Waals surface area contributed by atoms with Gasteiger partial charge in [0, 0.05) is 18.9 Å². The lowest BCUT2D eigenvalue weighted by Crippen LogP contribution is -2.32. The average Bonchev–Trinajstić information content (AvgIpc) is 2.46. The molecule has 0 atom stereocenters. The van der Waals surface area contributed by atoms with Crippen molar-refractivity contribution in [2.75, 3.05) is 7.05 Å². The topological polar surface area (TPSA) is 45.0 Å².